The van der Waals surface area contributed by atoms with Crippen LogP contribution < -0.4 is 10.1 Å². The Bertz CT molecular complexity index is 734. The van der Waals surface area contributed by atoms with Crippen molar-refractivity contribution in [3.8, 4) is 5.75 Å². The van der Waals surface area contributed by atoms with Crippen LogP contribution in [0.4, 0.5) is 0 Å². The molecule has 0 radical (unpaired) electrons. The van der Waals surface area contributed by atoms with Crippen molar-refractivity contribution < 1.29 is 19.1 Å². The lowest BCUT2D eigenvalue weighted by molar-refractivity contribution is -0.124. The minimum absolute atomic E-state index is 0.327. The molecule has 0 aliphatic rings. The minimum atomic E-state index is -0.583. The monoisotopic (exact) mass is 411 g/mol. The first-order valence-corrected chi connectivity index (χ1v) is 8.18. The SMILES string of the molecule is COc1ccc(C(=O)OCC(=O)NCc2ccc(Cl)cc2)cc1Br. The number of carbonyl (C=O) groups is 2. The van der Waals surface area contributed by atoms with E-state index in [0.717, 1.165) is 5.56 Å². The van der Waals surface area contributed by atoms with E-state index in [9.17, 15) is 9.59 Å². The van der Waals surface area contributed by atoms with Gasteiger partial charge < -0.3 is 14.8 Å². The molecular weight excluding hydrogens is 398 g/mol. The van der Waals surface area contributed by atoms with Crippen molar-refractivity contribution in [2.45, 2.75) is 6.54 Å². The summed E-state index contributed by atoms with van der Waals surface area (Å²) in [5.74, 6) is -0.363. The van der Waals surface area contributed by atoms with Gasteiger partial charge in [0.25, 0.3) is 5.91 Å². The molecule has 2 aromatic carbocycles. The van der Waals surface area contributed by atoms with E-state index >= 15 is 0 Å². The third-order valence-corrected chi connectivity index (χ3v) is 4.00. The number of carbonyl (C=O) groups excluding carboxylic acids is 2. The fourth-order valence-electron chi connectivity index (χ4n) is 1.86. The fourth-order valence-corrected chi connectivity index (χ4v) is 2.53. The lowest BCUT2D eigenvalue weighted by atomic mass is 10.2. The van der Waals surface area contributed by atoms with Crippen LogP contribution in [-0.4, -0.2) is 25.6 Å². The maximum absolute atomic E-state index is 11.9. The van der Waals surface area contributed by atoms with Crippen molar-refractivity contribution >= 4 is 39.4 Å². The van der Waals surface area contributed by atoms with Crippen LogP contribution in [0.3, 0.4) is 0 Å². The summed E-state index contributed by atoms with van der Waals surface area (Å²) in [6, 6.07) is 11.9. The van der Waals surface area contributed by atoms with Crippen molar-refractivity contribution in [1.29, 1.82) is 0 Å². The summed E-state index contributed by atoms with van der Waals surface area (Å²) in [5, 5.41) is 3.30. The Morgan fingerprint density at radius 2 is 1.88 bits per heavy atom. The van der Waals surface area contributed by atoms with E-state index in [1.165, 1.54) is 7.11 Å². The Labute approximate surface area is 153 Å². The van der Waals surface area contributed by atoms with Gasteiger partial charge in [-0.3, -0.25) is 4.79 Å². The molecule has 0 atom stereocenters. The molecule has 7 heteroatoms. The van der Waals surface area contributed by atoms with Crippen LogP contribution in [0.2, 0.25) is 5.02 Å². The molecule has 1 amide bonds. The molecule has 0 aliphatic heterocycles. The molecule has 0 unspecified atom stereocenters. The van der Waals surface area contributed by atoms with Gasteiger partial charge in [-0.15, -0.1) is 0 Å². The molecule has 0 spiro atoms. The van der Waals surface area contributed by atoms with Crippen LogP contribution >= 0.6 is 27.5 Å². The van der Waals surface area contributed by atoms with E-state index in [0.29, 0.717) is 27.4 Å². The van der Waals surface area contributed by atoms with Gasteiger partial charge in [0.1, 0.15) is 5.75 Å². The molecule has 0 heterocycles. The maximum Gasteiger partial charge on any atom is 0.338 e. The van der Waals surface area contributed by atoms with Gasteiger partial charge in [-0.05, 0) is 51.8 Å². The van der Waals surface area contributed by atoms with E-state index < -0.39 is 5.97 Å². The number of nitrogens with one attached hydrogen (secondary N) is 1. The number of rotatable bonds is 6. The van der Waals surface area contributed by atoms with E-state index in [1.54, 1.807) is 30.3 Å². The van der Waals surface area contributed by atoms with Crippen molar-refractivity contribution in [2.75, 3.05) is 13.7 Å². The summed E-state index contributed by atoms with van der Waals surface area (Å²) in [4.78, 5) is 23.7. The molecule has 2 aromatic rings. The molecule has 0 saturated carbocycles. The lowest BCUT2D eigenvalue weighted by Gasteiger charge is -2.08. The third kappa shape index (κ3) is 5.25. The number of halogens is 2. The molecule has 0 aromatic heterocycles. The minimum Gasteiger partial charge on any atom is -0.496 e. The lowest BCUT2D eigenvalue weighted by Crippen LogP contribution is -2.28. The Hall–Kier alpha value is -2.05. The Balaban J connectivity index is 1.81. The van der Waals surface area contributed by atoms with Crippen LogP contribution in [0.15, 0.2) is 46.9 Å². The van der Waals surface area contributed by atoms with Crippen molar-refractivity contribution in [3.63, 3.8) is 0 Å². The predicted octanol–water partition coefficient (Wildman–Crippen LogP) is 3.58. The van der Waals surface area contributed by atoms with Crippen molar-refractivity contribution in [2.24, 2.45) is 0 Å². The zero-order valence-corrected chi connectivity index (χ0v) is 15.2. The second-order valence-corrected chi connectivity index (χ2v) is 6.12. The Kier molecular flexibility index (Phi) is 6.63. The fraction of sp³-hybridized carbons (Fsp3) is 0.176. The molecule has 24 heavy (non-hydrogen) atoms. The summed E-state index contributed by atoms with van der Waals surface area (Å²) in [5.41, 5.74) is 1.23. The number of esters is 1. The zero-order chi connectivity index (χ0) is 17.5. The summed E-state index contributed by atoms with van der Waals surface area (Å²) in [6.07, 6.45) is 0. The zero-order valence-electron chi connectivity index (χ0n) is 12.8. The molecule has 0 saturated heterocycles. The van der Waals surface area contributed by atoms with Gasteiger partial charge in [-0.2, -0.15) is 0 Å². The maximum atomic E-state index is 11.9. The average molecular weight is 413 g/mol. The van der Waals surface area contributed by atoms with Gasteiger partial charge in [-0.25, -0.2) is 4.79 Å². The number of methoxy groups -OCH3 is 1. The normalized spacial score (nSPS) is 10.1. The highest BCUT2D eigenvalue weighted by molar-refractivity contribution is 9.10. The third-order valence-electron chi connectivity index (χ3n) is 3.12. The topological polar surface area (TPSA) is 64.6 Å². The number of amides is 1. The largest absolute Gasteiger partial charge is 0.496 e. The van der Waals surface area contributed by atoms with Crippen molar-refractivity contribution in [1.82, 2.24) is 5.32 Å². The summed E-state index contributed by atoms with van der Waals surface area (Å²) in [7, 11) is 1.53. The van der Waals surface area contributed by atoms with E-state index in [4.69, 9.17) is 21.1 Å². The quantitative estimate of drug-likeness (QED) is 0.737. The highest BCUT2D eigenvalue weighted by atomic mass is 79.9. The first-order chi connectivity index (χ1) is 11.5. The highest BCUT2D eigenvalue weighted by Crippen LogP contribution is 2.25. The van der Waals surface area contributed by atoms with Gasteiger partial charge in [0.15, 0.2) is 6.61 Å². The number of benzene rings is 2. The average Bonchev–Trinajstić information content (AvgIpc) is 2.59. The number of ether oxygens (including phenoxy) is 2. The molecule has 126 valence electrons. The van der Waals surface area contributed by atoms with Gasteiger partial charge in [0, 0.05) is 11.6 Å². The molecular formula is C17H15BrClNO4. The Morgan fingerprint density at radius 3 is 2.50 bits per heavy atom. The molecule has 0 aliphatic carbocycles. The van der Waals surface area contributed by atoms with Crippen LogP contribution in [0, 0.1) is 0 Å². The summed E-state index contributed by atoms with van der Waals surface area (Å²) >= 11 is 9.08. The van der Waals surface area contributed by atoms with Gasteiger partial charge in [0.2, 0.25) is 0 Å². The first-order valence-electron chi connectivity index (χ1n) is 7.01. The van der Waals surface area contributed by atoms with Crippen molar-refractivity contribution in [3.05, 3.63) is 63.1 Å². The van der Waals surface area contributed by atoms with E-state index in [2.05, 4.69) is 21.2 Å². The van der Waals surface area contributed by atoms with Gasteiger partial charge in [-0.1, -0.05) is 23.7 Å². The Morgan fingerprint density at radius 1 is 1.17 bits per heavy atom. The van der Waals surface area contributed by atoms with E-state index in [-0.39, 0.29) is 12.5 Å². The predicted molar refractivity (Wildman–Crippen MR) is 94.3 cm³/mol. The van der Waals surface area contributed by atoms with Crippen LogP contribution in [0.1, 0.15) is 15.9 Å². The standard InChI is InChI=1S/C17H15BrClNO4/c1-23-15-7-4-12(8-14(15)18)17(22)24-10-16(21)20-9-11-2-5-13(19)6-3-11/h2-8H,9-10H2,1H3,(H,20,21). The second-order valence-electron chi connectivity index (χ2n) is 4.83. The molecule has 2 rings (SSSR count). The smallest absolute Gasteiger partial charge is 0.338 e. The molecule has 1 N–H and O–H groups in total. The summed E-state index contributed by atoms with van der Waals surface area (Å²) in [6.45, 7) is -0.0162. The first kappa shape index (κ1) is 18.3. The van der Waals surface area contributed by atoms with Crippen LogP contribution in [0.25, 0.3) is 0 Å². The van der Waals surface area contributed by atoms with Gasteiger partial charge >= 0.3 is 5.97 Å². The molecule has 0 fully saturated rings. The number of hydrogen-bond acceptors (Lipinski definition) is 4. The molecule has 5 nitrogen and oxygen atoms in total. The molecule has 0 bridgehead atoms. The van der Waals surface area contributed by atoms with Crippen LogP contribution in [0.5, 0.6) is 5.75 Å². The number of hydrogen-bond donors (Lipinski definition) is 1. The summed E-state index contributed by atoms with van der Waals surface area (Å²) < 4.78 is 10.7. The highest BCUT2D eigenvalue weighted by Gasteiger charge is 2.12. The van der Waals surface area contributed by atoms with E-state index in [1.807, 2.05) is 12.1 Å². The van der Waals surface area contributed by atoms with Gasteiger partial charge in [0.05, 0.1) is 17.1 Å². The second kappa shape index (κ2) is 8.70. The van der Waals surface area contributed by atoms with Crippen LogP contribution in [-0.2, 0) is 16.1 Å².